The minimum Gasteiger partial charge on any atom is -0.490 e. The lowest BCUT2D eigenvalue weighted by Crippen LogP contribution is -2.40. The van der Waals surface area contributed by atoms with Crippen molar-refractivity contribution in [2.24, 2.45) is 0 Å². The second-order valence-electron chi connectivity index (χ2n) is 5.82. The van der Waals surface area contributed by atoms with Crippen molar-refractivity contribution >= 4 is 16.8 Å². The maximum absolute atomic E-state index is 11.2. The molecular weight excluding hydrogens is 266 g/mol. The monoisotopic (exact) mass is 287 g/mol. The quantitative estimate of drug-likeness (QED) is 0.912. The van der Waals surface area contributed by atoms with E-state index in [-0.39, 0.29) is 18.1 Å². The van der Waals surface area contributed by atoms with E-state index in [1.807, 2.05) is 18.3 Å². The molecule has 0 spiro atoms. The average molecular weight is 287 g/mol. The van der Waals surface area contributed by atoms with Crippen LogP contribution in [0.25, 0.3) is 10.9 Å². The number of H-pyrrole nitrogens is 1. The van der Waals surface area contributed by atoms with E-state index in [0.717, 1.165) is 47.9 Å². The van der Waals surface area contributed by atoms with Crippen LogP contribution in [0.15, 0.2) is 18.3 Å². The van der Waals surface area contributed by atoms with E-state index in [4.69, 9.17) is 4.74 Å². The van der Waals surface area contributed by atoms with Crippen LogP contribution in [0.5, 0.6) is 5.75 Å². The smallest absolute Gasteiger partial charge is 0.217 e. The van der Waals surface area contributed by atoms with Gasteiger partial charge in [0.15, 0.2) is 0 Å². The Kier molecular flexibility index (Phi) is 3.82. The Hall–Kier alpha value is -2.04. The van der Waals surface area contributed by atoms with Crippen LogP contribution >= 0.6 is 0 Å². The molecule has 2 atom stereocenters. The van der Waals surface area contributed by atoms with Gasteiger partial charge in [-0.05, 0) is 38.3 Å². The molecule has 1 amide bonds. The van der Waals surface area contributed by atoms with Gasteiger partial charge in [0.1, 0.15) is 11.9 Å². The lowest BCUT2D eigenvalue weighted by atomic mass is 9.92. The first kappa shape index (κ1) is 13.9. The van der Waals surface area contributed by atoms with Crippen LogP contribution in [0.2, 0.25) is 0 Å². The number of fused-ring (bicyclic) bond motifs is 1. The Bertz CT molecular complexity index is 650. The fourth-order valence-corrected chi connectivity index (χ4v) is 3.12. The van der Waals surface area contributed by atoms with Crippen LogP contribution < -0.4 is 10.1 Å². The highest BCUT2D eigenvalue weighted by molar-refractivity contribution is 5.83. The van der Waals surface area contributed by atoms with Crippen molar-refractivity contribution in [1.82, 2.24) is 15.5 Å². The van der Waals surface area contributed by atoms with E-state index in [9.17, 15) is 4.79 Å². The Morgan fingerprint density at radius 2 is 2.29 bits per heavy atom. The minimum atomic E-state index is 0.0386. The normalized spacial score (nSPS) is 22.2. The summed E-state index contributed by atoms with van der Waals surface area (Å²) in [5, 5.41) is 11.1. The first-order valence-corrected chi connectivity index (χ1v) is 7.50. The zero-order chi connectivity index (χ0) is 14.8. The summed E-state index contributed by atoms with van der Waals surface area (Å²) in [6.45, 7) is 3.63. The predicted octanol–water partition coefficient (Wildman–Crippen LogP) is 2.70. The summed E-state index contributed by atoms with van der Waals surface area (Å²) in [5.74, 6) is 0.953. The number of aryl methyl sites for hydroxylation is 1. The highest BCUT2D eigenvalue weighted by Gasteiger charge is 2.24. The number of ether oxygens (including phenoxy) is 1. The molecule has 0 bridgehead atoms. The average Bonchev–Trinajstić information content (AvgIpc) is 2.91. The number of carbonyl (C=O) groups is 1. The second-order valence-corrected chi connectivity index (χ2v) is 5.82. The van der Waals surface area contributed by atoms with E-state index < -0.39 is 0 Å². The molecule has 3 rings (SSSR count). The molecule has 0 saturated heterocycles. The van der Waals surface area contributed by atoms with Gasteiger partial charge in [-0.15, -0.1) is 0 Å². The molecule has 1 aliphatic carbocycles. The van der Waals surface area contributed by atoms with Gasteiger partial charge < -0.3 is 10.1 Å². The molecule has 5 nitrogen and oxygen atoms in total. The van der Waals surface area contributed by atoms with E-state index in [0.29, 0.717) is 0 Å². The van der Waals surface area contributed by atoms with Gasteiger partial charge >= 0.3 is 0 Å². The van der Waals surface area contributed by atoms with Crippen molar-refractivity contribution in [2.45, 2.75) is 51.7 Å². The third-order valence-corrected chi connectivity index (χ3v) is 4.17. The van der Waals surface area contributed by atoms with Crippen molar-refractivity contribution < 1.29 is 9.53 Å². The minimum absolute atomic E-state index is 0.0386. The zero-order valence-corrected chi connectivity index (χ0v) is 12.5. The number of hydrogen-bond acceptors (Lipinski definition) is 3. The number of amides is 1. The van der Waals surface area contributed by atoms with Crippen LogP contribution in [0, 0.1) is 6.92 Å². The standard InChI is InChI=1S/C16H21N3O2/c1-10-14-9-17-19-15(14)6-7-16(10)21-13-5-3-4-12(8-13)18-11(2)20/h6-7,9,12-13H,3-5,8H2,1-2H3,(H,17,19)(H,18,20)/t12-,13+/m1/s1. The molecule has 2 N–H and O–H groups in total. The van der Waals surface area contributed by atoms with Gasteiger partial charge in [0.25, 0.3) is 0 Å². The van der Waals surface area contributed by atoms with Crippen LogP contribution in [-0.2, 0) is 4.79 Å². The van der Waals surface area contributed by atoms with Gasteiger partial charge in [0.2, 0.25) is 5.91 Å². The molecule has 1 aromatic heterocycles. The molecule has 112 valence electrons. The van der Waals surface area contributed by atoms with E-state index >= 15 is 0 Å². The molecule has 5 heteroatoms. The van der Waals surface area contributed by atoms with E-state index in [1.54, 1.807) is 6.92 Å². The Morgan fingerprint density at radius 1 is 1.43 bits per heavy atom. The number of nitrogens with one attached hydrogen (secondary N) is 2. The number of benzene rings is 1. The Balaban J connectivity index is 1.72. The number of rotatable bonds is 3. The first-order chi connectivity index (χ1) is 10.1. The molecule has 1 fully saturated rings. The molecule has 2 aromatic rings. The Labute approximate surface area is 124 Å². The largest absolute Gasteiger partial charge is 0.490 e. The van der Waals surface area contributed by atoms with Gasteiger partial charge in [-0.1, -0.05) is 0 Å². The maximum Gasteiger partial charge on any atom is 0.217 e. The summed E-state index contributed by atoms with van der Waals surface area (Å²) in [6, 6.07) is 4.23. The van der Waals surface area contributed by atoms with Gasteiger partial charge in [-0.2, -0.15) is 5.10 Å². The van der Waals surface area contributed by atoms with E-state index in [2.05, 4.69) is 22.4 Å². The van der Waals surface area contributed by atoms with Crippen LogP contribution in [0.1, 0.15) is 38.2 Å². The molecule has 0 aliphatic heterocycles. The van der Waals surface area contributed by atoms with Crippen molar-refractivity contribution in [1.29, 1.82) is 0 Å². The molecule has 21 heavy (non-hydrogen) atoms. The highest BCUT2D eigenvalue weighted by Crippen LogP contribution is 2.29. The number of hydrogen-bond donors (Lipinski definition) is 2. The third kappa shape index (κ3) is 3.01. The zero-order valence-electron chi connectivity index (χ0n) is 12.5. The molecule has 1 saturated carbocycles. The molecule has 0 radical (unpaired) electrons. The van der Waals surface area contributed by atoms with Gasteiger partial charge in [-0.25, -0.2) is 0 Å². The molecule has 1 aromatic carbocycles. The highest BCUT2D eigenvalue weighted by atomic mass is 16.5. The van der Waals surface area contributed by atoms with Crippen molar-refractivity contribution in [3.8, 4) is 5.75 Å². The predicted molar refractivity (Wildman–Crippen MR) is 81.3 cm³/mol. The number of aromatic nitrogens is 2. The van der Waals surface area contributed by atoms with E-state index in [1.165, 1.54) is 0 Å². The van der Waals surface area contributed by atoms with Crippen LogP contribution in [-0.4, -0.2) is 28.3 Å². The summed E-state index contributed by atoms with van der Waals surface area (Å²) in [6.07, 6.45) is 6.04. The van der Waals surface area contributed by atoms with Crippen LogP contribution in [0.3, 0.4) is 0 Å². The summed E-state index contributed by atoms with van der Waals surface area (Å²) in [5.41, 5.74) is 2.14. The lowest BCUT2D eigenvalue weighted by Gasteiger charge is -2.30. The summed E-state index contributed by atoms with van der Waals surface area (Å²) in [4.78, 5) is 11.2. The third-order valence-electron chi connectivity index (χ3n) is 4.17. The summed E-state index contributed by atoms with van der Waals surface area (Å²) < 4.78 is 6.18. The maximum atomic E-state index is 11.2. The van der Waals surface area contributed by atoms with Crippen molar-refractivity contribution in [3.05, 3.63) is 23.9 Å². The van der Waals surface area contributed by atoms with Crippen molar-refractivity contribution in [2.75, 3.05) is 0 Å². The SMILES string of the molecule is CC(=O)N[C@@H]1CCC[C@H](Oc2ccc3[nH]ncc3c2C)C1. The fraction of sp³-hybridized carbons (Fsp3) is 0.500. The molecule has 1 aliphatic rings. The van der Waals surface area contributed by atoms with Gasteiger partial charge in [0.05, 0.1) is 11.7 Å². The second kappa shape index (κ2) is 5.76. The topological polar surface area (TPSA) is 67.0 Å². The summed E-state index contributed by atoms with van der Waals surface area (Å²) in [7, 11) is 0. The first-order valence-electron chi connectivity index (χ1n) is 7.50. The summed E-state index contributed by atoms with van der Waals surface area (Å²) >= 11 is 0. The van der Waals surface area contributed by atoms with Crippen LogP contribution in [0.4, 0.5) is 0 Å². The molecule has 0 unspecified atom stereocenters. The number of aromatic amines is 1. The molecular formula is C16H21N3O2. The lowest BCUT2D eigenvalue weighted by molar-refractivity contribution is -0.120. The Morgan fingerprint density at radius 3 is 3.10 bits per heavy atom. The number of nitrogens with zero attached hydrogens (tertiary/aromatic N) is 1. The fourth-order valence-electron chi connectivity index (χ4n) is 3.12. The van der Waals surface area contributed by atoms with Gasteiger partial charge in [-0.3, -0.25) is 9.89 Å². The van der Waals surface area contributed by atoms with Gasteiger partial charge in [0, 0.05) is 30.3 Å². The number of carbonyl (C=O) groups excluding carboxylic acids is 1. The molecule has 1 heterocycles. The van der Waals surface area contributed by atoms with Crippen molar-refractivity contribution in [3.63, 3.8) is 0 Å².